The Bertz CT molecular complexity index is 684. The summed E-state index contributed by atoms with van der Waals surface area (Å²) < 4.78 is 5.36. The Hall–Kier alpha value is -2.02. The maximum absolute atomic E-state index is 12.5. The van der Waals surface area contributed by atoms with Crippen molar-refractivity contribution in [1.29, 1.82) is 0 Å². The Morgan fingerprint density at radius 3 is 2.64 bits per heavy atom. The van der Waals surface area contributed by atoms with Crippen LogP contribution in [0, 0.1) is 0 Å². The smallest absolute Gasteiger partial charge is 0.338 e. The van der Waals surface area contributed by atoms with E-state index in [0.717, 1.165) is 43.7 Å². The first-order valence-corrected chi connectivity index (χ1v) is 9.59. The van der Waals surface area contributed by atoms with E-state index in [9.17, 15) is 14.4 Å². The van der Waals surface area contributed by atoms with Gasteiger partial charge >= 0.3 is 5.97 Å². The van der Waals surface area contributed by atoms with Gasteiger partial charge < -0.3 is 15.0 Å². The van der Waals surface area contributed by atoms with Crippen LogP contribution in [-0.4, -0.2) is 47.6 Å². The summed E-state index contributed by atoms with van der Waals surface area (Å²) >= 11 is 1.43. The van der Waals surface area contributed by atoms with Gasteiger partial charge in [-0.05, 0) is 38.0 Å². The SMILES string of the molecule is C[C@H](OC(=O)c1ccc2c(c1)NC(=O)CS2)C(=O)N1CCCCCC1. The van der Waals surface area contributed by atoms with Crippen LogP contribution in [0.2, 0.25) is 0 Å². The fourth-order valence-electron chi connectivity index (χ4n) is 3.04. The minimum Gasteiger partial charge on any atom is -0.449 e. The van der Waals surface area contributed by atoms with Crippen LogP contribution in [0.4, 0.5) is 5.69 Å². The predicted octanol–water partition coefficient (Wildman–Crippen LogP) is 2.68. The van der Waals surface area contributed by atoms with Crippen molar-refractivity contribution in [2.24, 2.45) is 0 Å². The van der Waals surface area contributed by atoms with Gasteiger partial charge in [-0.25, -0.2) is 4.79 Å². The maximum Gasteiger partial charge on any atom is 0.338 e. The molecule has 1 aromatic rings. The average molecular weight is 362 g/mol. The van der Waals surface area contributed by atoms with Crippen molar-refractivity contribution in [2.45, 2.75) is 43.6 Å². The molecule has 0 aliphatic carbocycles. The number of rotatable bonds is 3. The normalized spacial score (nSPS) is 18.6. The number of fused-ring (bicyclic) bond motifs is 1. The zero-order chi connectivity index (χ0) is 17.8. The van der Waals surface area contributed by atoms with Gasteiger partial charge in [0.05, 0.1) is 17.0 Å². The van der Waals surface area contributed by atoms with Gasteiger partial charge in [-0.1, -0.05) is 12.8 Å². The molecule has 2 aliphatic rings. The van der Waals surface area contributed by atoms with Gasteiger partial charge in [0.2, 0.25) is 5.91 Å². The van der Waals surface area contributed by atoms with Gasteiger partial charge in [-0.2, -0.15) is 0 Å². The molecule has 1 fully saturated rings. The van der Waals surface area contributed by atoms with Crippen LogP contribution in [0.1, 0.15) is 43.0 Å². The first kappa shape index (κ1) is 17.8. The van der Waals surface area contributed by atoms with Crippen LogP contribution in [-0.2, 0) is 14.3 Å². The number of likely N-dealkylation sites (tertiary alicyclic amines) is 1. The van der Waals surface area contributed by atoms with Crippen molar-refractivity contribution >= 4 is 35.2 Å². The third-order valence-electron chi connectivity index (χ3n) is 4.40. The van der Waals surface area contributed by atoms with Crippen molar-refractivity contribution in [3.8, 4) is 0 Å². The van der Waals surface area contributed by atoms with E-state index in [4.69, 9.17) is 4.74 Å². The highest BCUT2D eigenvalue weighted by Gasteiger charge is 2.25. The fraction of sp³-hybridized carbons (Fsp3) is 0.500. The lowest BCUT2D eigenvalue weighted by atomic mass is 10.2. The summed E-state index contributed by atoms with van der Waals surface area (Å²) in [6, 6.07) is 5.05. The molecule has 25 heavy (non-hydrogen) atoms. The molecule has 0 spiro atoms. The van der Waals surface area contributed by atoms with Crippen LogP contribution in [0.3, 0.4) is 0 Å². The van der Waals surface area contributed by atoms with Gasteiger partial charge in [-0.15, -0.1) is 11.8 Å². The van der Waals surface area contributed by atoms with E-state index in [0.29, 0.717) is 17.0 Å². The number of anilines is 1. The number of carbonyl (C=O) groups excluding carboxylic acids is 3. The highest BCUT2D eigenvalue weighted by Crippen LogP contribution is 2.32. The number of ether oxygens (including phenoxy) is 1. The number of hydrogen-bond donors (Lipinski definition) is 1. The van der Waals surface area contributed by atoms with Gasteiger partial charge in [-0.3, -0.25) is 9.59 Å². The number of carbonyl (C=O) groups is 3. The molecular formula is C18H22N2O4S. The quantitative estimate of drug-likeness (QED) is 0.837. The Labute approximate surface area is 151 Å². The van der Waals surface area contributed by atoms with E-state index in [1.807, 2.05) is 0 Å². The molecular weight excluding hydrogens is 340 g/mol. The number of nitrogens with one attached hydrogen (secondary N) is 1. The first-order chi connectivity index (χ1) is 12.0. The first-order valence-electron chi connectivity index (χ1n) is 8.61. The van der Waals surface area contributed by atoms with Crippen LogP contribution in [0.5, 0.6) is 0 Å². The molecule has 0 radical (unpaired) electrons. The van der Waals surface area contributed by atoms with E-state index < -0.39 is 12.1 Å². The molecule has 2 amide bonds. The molecule has 2 aliphatic heterocycles. The Kier molecular flexibility index (Phi) is 5.63. The lowest BCUT2D eigenvalue weighted by Crippen LogP contribution is -2.40. The summed E-state index contributed by atoms with van der Waals surface area (Å²) in [5, 5.41) is 2.75. The zero-order valence-corrected chi connectivity index (χ0v) is 15.1. The van der Waals surface area contributed by atoms with E-state index >= 15 is 0 Å². The number of hydrogen-bond acceptors (Lipinski definition) is 5. The summed E-state index contributed by atoms with van der Waals surface area (Å²) in [6.07, 6.45) is 3.45. The van der Waals surface area contributed by atoms with Crippen molar-refractivity contribution in [3.63, 3.8) is 0 Å². The number of thioether (sulfide) groups is 1. The highest BCUT2D eigenvalue weighted by molar-refractivity contribution is 8.00. The molecule has 0 unspecified atom stereocenters. The second kappa shape index (κ2) is 7.91. The zero-order valence-electron chi connectivity index (χ0n) is 14.2. The molecule has 134 valence electrons. The monoisotopic (exact) mass is 362 g/mol. The van der Waals surface area contributed by atoms with Gasteiger partial charge in [0.25, 0.3) is 5.91 Å². The van der Waals surface area contributed by atoms with E-state index in [2.05, 4.69) is 5.32 Å². The summed E-state index contributed by atoms with van der Waals surface area (Å²) in [6.45, 7) is 3.06. The number of benzene rings is 1. The predicted molar refractivity (Wildman–Crippen MR) is 95.7 cm³/mol. The third-order valence-corrected chi connectivity index (χ3v) is 5.47. The average Bonchev–Trinajstić information content (AvgIpc) is 2.89. The molecule has 1 aromatic carbocycles. The summed E-state index contributed by atoms with van der Waals surface area (Å²) in [5.41, 5.74) is 0.944. The standard InChI is InChI=1S/C18H22N2O4S/c1-12(17(22)20-8-4-2-3-5-9-20)24-18(23)13-6-7-15-14(10-13)19-16(21)11-25-15/h6-7,10,12H,2-5,8-9,11H2,1H3,(H,19,21)/t12-/m0/s1. The number of amides is 2. The molecule has 1 N–H and O–H groups in total. The third kappa shape index (κ3) is 4.34. The molecule has 3 rings (SSSR count). The fourth-order valence-corrected chi connectivity index (χ4v) is 3.83. The molecule has 1 atom stereocenters. The van der Waals surface area contributed by atoms with Crippen LogP contribution in [0.25, 0.3) is 0 Å². The number of nitrogens with zero attached hydrogens (tertiary/aromatic N) is 1. The van der Waals surface area contributed by atoms with Crippen molar-refractivity contribution in [2.75, 3.05) is 24.2 Å². The Morgan fingerprint density at radius 1 is 1.20 bits per heavy atom. The van der Waals surface area contributed by atoms with Crippen molar-refractivity contribution in [3.05, 3.63) is 23.8 Å². The second-order valence-corrected chi connectivity index (χ2v) is 7.35. The Balaban J connectivity index is 1.64. The molecule has 7 heteroatoms. The summed E-state index contributed by atoms with van der Waals surface area (Å²) in [4.78, 5) is 39.0. The maximum atomic E-state index is 12.5. The van der Waals surface area contributed by atoms with E-state index in [1.165, 1.54) is 11.8 Å². The summed E-state index contributed by atoms with van der Waals surface area (Å²) in [7, 11) is 0. The highest BCUT2D eigenvalue weighted by atomic mass is 32.2. The molecule has 0 bridgehead atoms. The van der Waals surface area contributed by atoms with Crippen molar-refractivity contribution in [1.82, 2.24) is 4.90 Å². The minimum atomic E-state index is -0.814. The molecule has 0 aromatic heterocycles. The number of esters is 1. The van der Waals surface area contributed by atoms with Gasteiger partial charge in [0.1, 0.15) is 0 Å². The Morgan fingerprint density at radius 2 is 1.92 bits per heavy atom. The largest absolute Gasteiger partial charge is 0.449 e. The molecule has 0 saturated carbocycles. The lowest BCUT2D eigenvalue weighted by molar-refractivity contribution is -0.139. The topological polar surface area (TPSA) is 75.7 Å². The van der Waals surface area contributed by atoms with Gasteiger partial charge in [0.15, 0.2) is 6.10 Å². The minimum absolute atomic E-state index is 0.0901. The molecule has 2 heterocycles. The van der Waals surface area contributed by atoms with E-state index in [1.54, 1.807) is 30.0 Å². The van der Waals surface area contributed by atoms with Gasteiger partial charge in [0, 0.05) is 18.0 Å². The second-order valence-electron chi connectivity index (χ2n) is 6.33. The van der Waals surface area contributed by atoms with Crippen LogP contribution >= 0.6 is 11.8 Å². The molecule has 1 saturated heterocycles. The lowest BCUT2D eigenvalue weighted by Gasteiger charge is -2.24. The van der Waals surface area contributed by atoms with Crippen molar-refractivity contribution < 1.29 is 19.1 Å². The molecule has 6 nitrogen and oxygen atoms in total. The van der Waals surface area contributed by atoms with Crippen LogP contribution in [0.15, 0.2) is 23.1 Å². The van der Waals surface area contributed by atoms with E-state index in [-0.39, 0.29) is 11.8 Å². The van der Waals surface area contributed by atoms with Crippen LogP contribution < -0.4 is 5.32 Å². The summed E-state index contributed by atoms with van der Waals surface area (Å²) in [5.74, 6) is -0.411.